The molecule has 1 aliphatic heterocycles. The molecule has 2 heteroatoms. The van der Waals surface area contributed by atoms with Crippen molar-refractivity contribution >= 4 is 5.90 Å². The monoisotopic (exact) mass is 153 g/mol. The Kier molecular flexibility index (Phi) is 3.73. The van der Waals surface area contributed by atoms with E-state index in [1.54, 1.807) is 0 Å². The molecule has 0 saturated carbocycles. The number of hydrogen-bond donors (Lipinski definition) is 0. The lowest BCUT2D eigenvalue weighted by Crippen LogP contribution is -2.10. The van der Waals surface area contributed by atoms with Crippen molar-refractivity contribution in [3.05, 3.63) is 12.2 Å². The lowest BCUT2D eigenvalue weighted by atomic mass is 10.3. The van der Waals surface area contributed by atoms with Crippen molar-refractivity contribution in [3.8, 4) is 0 Å². The predicted octanol–water partition coefficient (Wildman–Crippen LogP) is 2.16. The molecule has 1 aliphatic rings. The summed E-state index contributed by atoms with van der Waals surface area (Å²) in [5.41, 5.74) is 0. The van der Waals surface area contributed by atoms with Crippen LogP contribution in [0.25, 0.3) is 0 Å². The van der Waals surface area contributed by atoms with Gasteiger partial charge >= 0.3 is 0 Å². The first-order valence-corrected chi connectivity index (χ1v) is 4.27. The highest BCUT2D eigenvalue weighted by Gasteiger charge is 1.99. The van der Waals surface area contributed by atoms with Crippen molar-refractivity contribution in [1.82, 2.24) is 0 Å². The fraction of sp³-hybridized carbons (Fsp3) is 0.667. The second-order valence-corrected chi connectivity index (χ2v) is 2.61. The average Bonchev–Trinajstić information content (AvgIpc) is 2.07. The molecule has 2 nitrogen and oxygen atoms in total. The normalized spacial score (nSPS) is 18.1. The minimum Gasteiger partial charge on any atom is -0.478 e. The first-order chi connectivity index (χ1) is 5.43. The molecule has 0 unspecified atom stereocenters. The number of nitrogens with zero attached hydrogens (tertiary/aromatic N) is 1. The molecule has 0 atom stereocenters. The molecule has 0 aromatic heterocycles. The molecule has 1 rings (SSSR count). The van der Waals surface area contributed by atoms with E-state index < -0.39 is 0 Å². The van der Waals surface area contributed by atoms with E-state index in [0.29, 0.717) is 0 Å². The van der Waals surface area contributed by atoms with Crippen LogP contribution in [0.1, 0.15) is 26.2 Å². The van der Waals surface area contributed by atoms with Crippen molar-refractivity contribution in [3.63, 3.8) is 0 Å². The Labute approximate surface area is 68.0 Å². The highest BCUT2D eigenvalue weighted by Crippen LogP contribution is 1.98. The van der Waals surface area contributed by atoms with Crippen LogP contribution in [-0.2, 0) is 4.74 Å². The van der Waals surface area contributed by atoms with Gasteiger partial charge in [0.15, 0.2) is 0 Å². The van der Waals surface area contributed by atoms with Crippen molar-refractivity contribution in [2.75, 3.05) is 13.2 Å². The Balaban J connectivity index is 2.29. The van der Waals surface area contributed by atoms with Crippen LogP contribution in [0.15, 0.2) is 17.1 Å². The molecule has 62 valence electrons. The van der Waals surface area contributed by atoms with Gasteiger partial charge in [-0.1, -0.05) is 19.4 Å². The van der Waals surface area contributed by atoms with E-state index in [4.69, 9.17) is 4.74 Å². The second kappa shape index (κ2) is 4.94. The molecule has 0 aromatic rings. The summed E-state index contributed by atoms with van der Waals surface area (Å²) in [5.74, 6) is 0.810. The van der Waals surface area contributed by atoms with Crippen LogP contribution >= 0.6 is 0 Å². The molecule has 0 bridgehead atoms. The van der Waals surface area contributed by atoms with E-state index in [-0.39, 0.29) is 0 Å². The Bertz CT molecular complexity index is 161. The van der Waals surface area contributed by atoms with Crippen LogP contribution in [0.3, 0.4) is 0 Å². The summed E-state index contributed by atoms with van der Waals surface area (Å²) in [6.45, 7) is 3.91. The third-order valence-corrected chi connectivity index (χ3v) is 1.54. The Morgan fingerprint density at radius 1 is 1.64 bits per heavy atom. The topological polar surface area (TPSA) is 21.6 Å². The van der Waals surface area contributed by atoms with E-state index >= 15 is 0 Å². The Hall–Kier alpha value is -0.790. The maximum absolute atomic E-state index is 5.29. The van der Waals surface area contributed by atoms with Gasteiger partial charge in [-0.25, -0.2) is 0 Å². The highest BCUT2D eigenvalue weighted by atomic mass is 16.5. The first kappa shape index (κ1) is 8.31. The molecule has 0 spiro atoms. The quantitative estimate of drug-likeness (QED) is 0.609. The SMILES string of the molecule is CCCC=CC1=NCCCO1. The zero-order valence-corrected chi connectivity index (χ0v) is 7.05. The molecule has 0 saturated heterocycles. The van der Waals surface area contributed by atoms with Gasteiger partial charge in [-0.15, -0.1) is 0 Å². The molecular weight excluding hydrogens is 138 g/mol. The van der Waals surface area contributed by atoms with Gasteiger partial charge in [-0.3, -0.25) is 4.99 Å². The summed E-state index contributed by atoms with van der Waals surface area (Å²) < 4.78 is 5.29. The van der Waals surface area contributed by atoms with Crippen LogP contribution < -0.4 is 0 Å². The number of unbranched alkanes of at least 4 members (excludes halogenated alkanes) is 1. The Morgan fingerprint density at radius 3 is 3.18 bits per heavy atom. The van der Waals surface area contributed by atoms with E-state index in [1.165, 1.54) is 6.42 Å². The van der Waals surface area contributed by atoms with E-state index in [0.717, 1.165) is 31.9 Å². The maximum atomic E-state index is 5.29. The van der Waals surface area contributed by atoms with E-state index in [1.807, 2.05) is 6.08 Å². The predicted molar refractivity (Wildman–Crippen MR) is 46.9 cm³/mol. The summed E-state index contributed by atoms with van der Waals surface area (Å²) in [7, 11) is 0. The van der Waals surface area contributed by atoms with Gasteiger partial charge < -0.3 is 4.74 Å². The summed E-state index contributed by atoms with van der Waals surface area (Å²) >= 11 is 0. The molecule has 0 aliphatic carbocycles. The minimum atomic E-state index is 0.810. The number of hydrogen-bond acceptors (Lipinski definition) is 2. The van der Waals surface area contributed by atoms with E-state index in [9.17, 15) is 0 Å². The Morgan fingerprint density at radius 2 is 2.55 bits per heavy atom. The van der Waals surface area contributed by atoms with Crippen LogP contribution in [0.4, 0.5) is 0 Å². The summed E-state index contributed by atoms with van der Waals surface area (Å²) in [4.78, 5) is 4.21. The molecule has 0 aromatic carbocycles. The van der Waals surface area contributed by atoms with Gasteiger partial charge in [0.25, 0.3) is 0 Å². The molecule has 0 amide bonds. The van der Waals surface area contributed by atoms with Crippen LogP contribution in [0.5, 0.6) is 0 Å². The standard InChI is InChI=1S/C9H15NO/c1-2-3-4-6-9-10-7-5-8-11-9/h4,6H,2-3,5,7-8H2,1H3. The largest absolute Gasteiger partial charge is 0.478 e. The van der Waals surface area contributed by atoms with Crippen molar-refractivity contribution in [1.29, 1.82) is 0 Å². The third-order valence-electron chi connectivity index (χ3n) is 1.54. The van der Waals surface area contributed by atoms with Crippen molar-refractivity contribution in [2.45, 2.75) is 26.2 Å². The lowest BCUT2D eigenvalue weighted by Gasteiger charge is -2.09. The summed E-state index contributed by atoms with van der Waals surface area (Å²) in [5, 5.41) is 0. The molecule has 0 fully saturated rings. The summed E-state index contributed by atoms with van der Waals surface area (Å²) in [6, 6.07) is 0. The second-order valence-electron chi connectivity index (χ2n) is 2.61. The van der Waals surface area contributed by atoms with Gasteiger partial charge in [-0.05, 0) is 12.5 Å². The molecule has 1 heterocycles. The summed E-state index contributed by atoms with van der Waals surface area (Å²) in [6.07, 6.45) is 7.45. The molecule has 11 heavy (non-hydrogen) atoms. The van der Waals surface area contributed by atoms with Crippen molar-refractivity contribution < 1.29 is 4.74 Å². The van der Waals surface area contributed by atoms with Crippen molar-refractivity contribution in [2.24, 2.45) is 4.99 Å². The zero-order valence-electron chi connectivity index (χ0n) is 7.05. The molecule has 0 radical (unpaired) electrons. The first-order valence-electron chi connectivity index (χ1n) is 4.27. The fourth-order valence-corrected chi connectivity index (χ4v) is 0.928. The van der Waals surface area contributed by atoms with Gasteiger partial charge in [-0.2, -0.15) is 0 Å². The smallest absolute Gasteiger partial charge is 0.208 e. The number of ether oxygens (including phenoxy) is 1. The maximum Gasteiger partial charge on any atom is 0.208 e. The molecular formula is C9H15NO. The van der Waals surface area contributed by atoms with Gasteiger partial charge in [0.05, 0.1) is 6.61 Å². The van der Waals surface area contributed by atoms with Crippen LogP contribution in [0, 0.1) is 0 Å². The average molecular weight is 153 g/mol. The van der Waals surface area contributed by atoms with E-state index in [2.05, 4.69) is 18.0 Å². The zero-order chi connectivity index (χ0) is 7.94. The van der Waals surface area contributed by atoms with Gasteiger partial charge in [0.2, 0.25) is 5.90 Å². The number of allylic oxidation sites excluding steroid dienone is 1. The highest BCUT2D eigenvalue weighted by molar-refractivity contribution is 5.87. The lowest BCUT2D eigenvalue weighted by molar-refractivity contribution is 0.285. The van der Waals surface area contributed by atoms with Gasteiger partial charge in [0.1, 0.15) is 0 Å². The third kappa shape index (κ3) is 3.21. The fourth-order valence-electron chi connectivity index (χ4n) is 0.928. The van der Waals surface area contributed by atoms with Crippen LogP contribution in [-0.4, -0.2) is 19.0 Å². The minimum absolute atomic E-state index is 0.810. The molecule has 0 N–H and O–H groups in total. The number of aliphatic imine (C=N–C) groups is 1. The van der Waals surface area contributed by atoms with Gasteiger partial charge in [0, 0.05) is 13.0 Å². The van der Waals surface area contributed by atoms with Crippen LogP contribution in [0.2, 0.25) is 0 Å². The number of rotatable bonds is 3.